The lowest BCUT2D eigenvalue weighted by molar-refractivity contribution is -0.114. The molecule has 7 heteroatoms. The van der Waals surface area contributed by atoms with Gasteiger partial charge < -0.3 is 21.1 Å². The second-order valence-electron chi connectivity index (χ2n) is 6.50. The maximum atomic E-state index is 11.1. The predicted molar refractivity (Wildman–Crippen MR) is 112 cm³/mol. The number of benzene rings is 1. The zero-order chi connectivity index (χ0) is 19.7. The summed E-state index contributed by atoms with van der Waals surface area (Å²) >= 11 is 1.53. The molecule has 6 nitrogen and oxygen atoms in total. The predicted octanol–water partition coefficient (Wildman–Crippen LogP) is 2.71. The van der Waals surface area contributed by atoms with Gasteiger partial charge in [-0.15, -0.1) is 11.3 Å². The maximum Gasteiger partial charge on any atom is 0.221 e. The van der Waals surface area contributed by atoms with Gasteiger partial charge in [-0.1, -0.05) is 18.2 Å². The van der Waals surface area contributed by atoms with Gasteiger partial charge in [-0.25, -0.2) is 4.99 Å². The minimum atomic E-state index is -0.976. The average Bonchev–Trinajstić information content (AvgIpc) is 3.16. The Bertz CT molecular complexity index is 740. The smallest absolute Gasteiger partial charge is 0.221 e. The van der Waals surface area contributed by atoms with Crippen LogP contribution in [0.3, 0.4) is 0 Å². The van der Waals surface area contributed by atoms with E-state index < -0.39 is 5.60 Å². The third kappa shape index (κ3) is 7.03. The van der Waals surface area contributed by atoms with Crippen LogP contribution in [-0.2, 0) is 16.8 Å². The van der Waals surface area contributed by atoms with Crippen molar-refractivity contribution in [2.75, 3.05) is 25.0 Å². The van der Waals surface area contributed by atoms with Gasteiger partial charge in [-0.2, -0.15) is 0 Å². The summed E-state index contributed by atoms with van der Waals surface area (Å²) in [6.07, 6.45) is 0.825. The van der Waals surface area contributed by atoms with Gasteiger partial charge in [0.15, 0.2) is 5.96 Å². The summed E-state index contributed by atoms with van der Waals surface area (Å²) in [4.78, 5) is 16.5. The van der Waals surface area contributed by atoms with Crippen molar-refractivity contribution in [1.29, 1.82) is 0 Å². The molecule has 1 heterocycles. The highest BCUT2D eigenvalue weighted by Gasteiger charge is 2.23. The Hall–Kier alpha value is -2.38. The van der Waals surface area contributed by atoms with Crippen molar-refractivity contribution in [3.8, 4) is 0 Å². The summed E-state index contributed by atoms with van der Waals surface area (Å²) in [5, 5.41) is 21.8. The number of rotatable bonds is 8. The highest BCUT2D eigenvalue weighted by Crippen LogP contribution is 2.25. The largest absolute Gasteiger partial charge is 0.383 e. The van der Waals surface area contributed by atoms with Gasteiger partial charge in [-0.3, -0.25) is 4.79 Å². The molecule has 1 unspecified atom stereocenters. The Labute approximate surface area is 164 Å². The quantitative estimate of drug-likeness (QED) is 0.414. The van der Waals surface area contributed by atoms with E-state index in [9.17, 15) is 9.90 Å². The third-order valence-corrected chi connectivity index (χ3v) is 5.04. The summed E-state index contributed by atoms with van der Waals surface area (Å²) in [7, 11) is 0. The van der Waals surface area contributed by atoms with Crippen molar-refractivity contribution in [3.63, 3.8) is 0 Å². The second-order valence-corrected chi connectivity index (χ2v) is 7.45. The van der Waals surface area contributed by atoms with Crippen LogP contribution in [0.4, 0.5) is 5.69 Å². The SMILES string of the molecule is CCNC(=NCC(C)(O)c1cccs1)NCCc1ccc(NC(C)=O)cc1. The average molecular weight is 389 g/mol. The number of guanidine groups is 1. The number of nitrogens with zero attached hydrogens (tertiary/aromatic N) is 1. The molecule has 0 saturated heterocycles. The first-order valence-electron chi connectivity index (χ1n) is 9.06. The number of hydrogen-bond donors (Lipinski definition) is 4. The number of amides is 1. The fourth-order valence-electron chi connectivity index (χ4n) is 2.52. The molecule has 0 bridgehead atoms. The van der Waals surface area contributed by atoms with Crippen molar-refractivity contribution in [3.05, 3.63) is 52.2 Å². The number of carbonyl (C=O) groups excluding carboxylic acids is 1. The minimum absolute atomic E-state index is 0.0747. The summed E-state index contributed by atoms with van der Waals surface area (Å²) in [5.41, 5.74) is 0.985. The lowest BCUT2D eigenvalue weighted by Crippen LogP contribution is -2.39. The summed E-state index contributed by atoms with van der Waals surface area (Å²) in [6.45, 7) is 7.03. The van der Waals surface area contributed by atoms with Gasteiger partial charge in [0.25, 0.3) is 0 Å². The standard InChI is InChI=1S/C20H28N4O2S/c1-4-21-19(23-14-20(3,26)18-6-5-13-27-18)22-12-11-16-7-9-17(10-8-16)24-15(2)25/h5-10,13,26H,4,11-12,14H2,1-3H3,(H,24,25)(H2,21,22,23). The van der Waals surface area contributed by atoms with Gasteiger partial charge in [0.1, 0.15) is 5.60 Å². The van der Waals surface area contributed by atoms with Gasteiger partial charge >= 0.3 is 0 Å². The zero-order valence-electron chi connectivity index (χ0n) is 16.1. The minimum Gasteiger partial charge on any atom is -0.383 e. The van der Waals surface area contributed by atoms with E-state index in [4.69, 9.17) is 0 Å². The summed E-state index contributed by atoms with van der Waals surface area (Å²) in [5.74, 6) is 0.610. The maximum absolute atomic E-state index is 11.1. The number of anilines is 1. The zero-order valence-corrected chi connectivity index (χ0v) is 16.9. The van der Waals surface area contributed by atoms with E-state index >= 15 is 0 Å². The first-order valence-corrected chi connectivity index (χ1v) is 9.94. The molecule has 146 valence electrons. The van der Waals surface area contributed by atoms with Crippen LogP contribution in [0.25, 0.3) is 0 Å². The Balaban J connectivity index is 1.87. The molecule has 2 rings (SSSR count). The van der Waals surface area contributed by atoms with E-state index in [0.29, 0.717) is 12.5 Å². The molecule has 0 saturated carbocycles. The lowest BCUT2D eigenvalue weighted by Gasteiger charge is -2.20. The molecular formula is C20H28N4O2S. The first-order chi connectivity index (χ1) is 12.9. The van der Waals surface area contributed by atoms with E-state index in [1.54, 1.807) is 6.92 Å². The van der Waals surface area contributed by atoms with Crippen LogP contribution in [0, 0.1) is 0 Å². The van der Waals surface area contributed by atoms with Crippen molar-refractivity contribution < 1.29 is 9.90 Å². The molecule has 0 aliphatic carbocycles. The summed E-state index contributed by atoms with van der Waals surface area (Å²) < 4.78 is 0. The molecule has 1 amide bonds. The summed E-state index contributed by atoms with van der Waals surface area (Å²) in [6, 6.07) is 11.6. The number of aliphatic imine (C=N–C) groups is 1. The van der Waals surface area contributed by atoms with E-state index in [2.05, 4.69) is 20.9 Å². The van der Waals surface area contributed by atoms with Gasteiger partial charge in [0.05, 0.1) is 6.54 Å². The fraction of sp³-hybridized carbons (Fsp3) is 0.400. The van der Waals surface area contributed by atoms with Crippen molar-refractivity contribution in [2.45, 2.75) is 32.8 Å². The van der Waals surface area contributed by atoms with Crippen LogP contribution in [0.15, 0.2) is 46.8 Å². The molecule has 1 aromatic heterocycles. The van der Waals surface area contributed by atoms with E-state index in [1.165, 1.54) is 18.3 Å². The van der Waals surface area contributed by atoms with E-state index in [0.717, 1.165) is 29.1 Å². The van der Waals surface area contributed by atoms with Crippen molar-refractivity contribution >= 4 is 28.9 Å². The molecule has 0 radical (unpaired) electrons. The van der Waals surface area contributed by atoms with E-state index in [1.807, 2.05) is 48.7 Å². The van der Waals surface area contributed by atoms with Gasteiger partial charge in [-0.05, 0) is 49.4 Å². The Morgan fingerprint density at radius 3 is 2.56 bits per heavy atom. The highest BCUT2D eigenvalue weighted by molar-refractivity contribution is 7.10. The molecule has 0 spiro atoms. The van der Waals surface area contributed by atoms with Crippen LogP contribution in [0.2, 0.25) is 0 Å². The molecule has 0 aliphatic heterocycles. The molecule has 0 fully saturated rings. The van der Waals surface area contributed by atoms with Crippen LogP contribution in [-0.4, -0.2) is 36.6 Å². The van der Waals surface area contributed by atoms with Crippen LogP contribution < -0.4 is 16.0 Å². The number of nitrogens with one attached hydrogen (secondary N) is 3. The second kappa shape index (κ2) is 10.1. The molecular weight excluding hydrogens is 360 g/mol. The Kier molecular flexibility index (Phi) is 7.82. The number of aliphatic hydroxyl groups is 1. The molecule has 1 atom stereocenters. The van der Waals surface area contributed by atoms with Crippen LogP contribution in [0.5, 0.6) is 0 Å². The third-order valence-electron chi connectivity index (χ3n) is 3.92. The monoisotopic (exact) mass is 388 g/mol. The lowest BCUT2D eigenvalue weighted by atomic mass is 10.1. The molecule has 0 aliphatic rings. The van der Waals surface area contributed by atoms with Gasteiger partial charge in [0.2, 0.25) is 5.91 Å². The highest BCUT2D eigenvalue weighted by atomic mass is 32.1. The van der Waals surface area contributed by atoms with E-state index in [-0.39, 0.29) is 12.5 Å². The topological polar surface area (TPSA) is 85.8 Å². The molecule has 2 aromatic rings. The molecule has 4 N–H and O–H groups in total. The normalized spacial score (nSPS) is 13.7. The van der Waals surface area contributed by atoms with Crippen molar-refractivity contribution in [1.82, 2.24) is 10.6 Å². The number of carbonyl (C=O) groups is 1. The first kappa shape index (κ1) is 20.9. The number of thiophene rings is 1. The van der Waals surface area contributed by atoms with Gasteiger partial charge in [0, 0.05) is 30.6 Å². The van der Waals surface area contributed by atoms with Crippen LogP contribution >= 0.6 is 11.3 Å². The Morgan fingerprint density at radius 1 is 1.22 bits per heavy atom. The molecule has 27 heavy (non-hydrogen) atoms. The number of hydrogen-bond acceptors (Lipinski definition) is 4. The molecule has 1 aromatic carbocycles. The van der Waals surface area contributed by atoms with Crippen molar-refractivity contribution in [2.24, 2.45) is 4.99 Å². The van der Waals surface area contributed by atoms with Crippen LogP contribution in [0.1, 0.15) is 31.2 Å². The Morgan fingerprint density at radius 2 is 1.96 bits per heavy atom. The fourth-order valence-corrected chi connectivity index (χ4v) is 3.30.